The maximum absolute atomic E-state index is 12.2. The van der Waals surface area contributed by atoms with Crippen molar-refractivity contribution in [1.82, 2.24) is 0 Å². The highest BCUT2D eigenvalue weighted by Gasteiger charge is 2.11. The van der Waals surface area contributed by atoms with Gasteiger partial charge in [0.25, 0.3) is 5.91 Å². The van der Waals surface area contributed by atoms with Crippen LogP contribution in [0.5, 0.6) is 0 Å². The lowest BCUT2D eigenvalue weighted by molar-refractivity contribution is -0.136. The molecule has 0 saturated heterocycles. The molecule has 0 aliphatic rings. The Labute approximate surface area is 127 Å². The van der Waals surface area contributed by atoms with E-state index in [-0.39, 0.29) is 12.3 Å². The molecule has 0 fully saturated rings. The molecule has 0 spiro atoms. The summed E-state index contributed by atoms with van der Waals surface area (Å²) in [5, 5.41) is 12.1. The molecule has 0 radical (unpaired) electrons. The molecule has 0 aromatic heterocycles. The summed E-state index contributed by atoms with van der Waals surface area (Å²) in [6, 6.07) is 11.9. The number of rotatable bonds is 4. The Hall–Kier alpha value is -2.33. The summed E-state index contributed by atoms with van der Waals surface area (Å²) < 4.78 is 0. The van der Waals surface area contributed by atoms with Crippen LogP contribution >= 0.6 is 11.6 Å². The first-order chi connectivity index (χ1) is 9.95. The molecule has 1 amide bonds. The van der Waals surface area contributed by atoms with Gasteiger partial charge in [0.15, 0.2) is 0 Å². The second kappa shape index (κ2) is 6.41. The fourth-order valence-corrected chi connectivity index (χ4v) is 2.31. The van der Waals surface area contributed by atoms with Crippen molar-refractivity contribution in [1.29, 1.82) is 0 Å². The fraction of sp³-hybridized carbons (Fsp3) is 0.125. The molecule has 2 rings (SSSR count). The SMILES string of the molecule is Cc1cc(Cl)cc(C(=O)Nc2ccccc2CC(=O)O)c1. The van der Waals surface area contributed by atoms with Gasteiger partial charge in [0.2, 0.25) is 0 Å². The molecule has 0 aliphatic heterocycles. The van der Waals surface area contributed by atoms with Crippen LogP contribution in [0.25, 0.3) is 0 Å². The number of carbonyl (C=O) groups excluding carboxylic acids is 1. The molecule has 108 valence electrons. The van der Waals surface area contributed by atoms with Gasteiger partial charge < -0.3 is 10.4 Å². The molecule has 0 bridgehead atoms. The highest BCUT2D eigenvalue weighted by atomic mass is 35.5. The second-order valence-corrected chi connectivity index (χ2v) is 5.14. The molecule has 0 saturated carbocycles. The van der Waals surface area contributed by atoms with Crippen LogP contribution < -0.4 is 5.32 Å². The van der Waals surface area contributed by atoms with E-state index in [0.29, 0.717) is 21.8 Å². The van der Waals surface area contributed by atoms with Crippen LogP contribution in [0.3, 0.4) is 0 Å². The topological polar surface area (TPSA) is 66.4 Å². The number of carboxylic acid groups (broad SMARTS) is 1. The molecule has 21 heavy (non-hydrogen) atoms. The second-order valence-electron chi connectivity index (χ2n) is 4.70. The van der Waals surface area contributed by atoms with Crippen molar-refractivity contribution in [3.8, 4) is 0 Å². The van der Waals surface area contributed by atoms with Gasteiger partial charge in [-0.15, -0.1) is 0 Å². The number of nitrogens with one attached hydrogen (secondary N) is 1. The van der Waals surface area contributed by atoms with Gasteiger partial charge >= 0.3 is 5.97 Å². The Morgan fingerprint density at radius 1 is 1.19 bits per heavy atom. The predicted molar refractivity (Wildman–Crippen MR) is 81.9 cm³/mol. The zero-order valence-electron chi connectivity index (χ0n) is 11.4. The van der Waals surface area contributed by atoms with Gasteiger partial charge in [-0.2, -0.15) is 0 Å². The average molecular weight is 304 g/mol. The van der Waals surface area contributed by atoms with E-state index in [2.05, 4.69) is 5.32 Å². The average Bonchev–Trinajstić information content (AvgIpc) is 2.39. The van der Waals surface area contributed by atoms with Crippen LogP contribution in [-0.4, -0.2) is 17.0 Å². The van der Waals surface area contributed by atoms with Crippen LogP contribution in [0.15, 0.2) is 42.5 Å². The fourth-order valence-electron chi connectivity index (χ4n) is 2.02. The number of aliphatic carboxylic acids is 1. The van der Waals surface area contributed by atoms with E-state index in [4.69, 9.17) is 16.7 Å². The van der Waals surface area contributed by atoms with Crippen LogP contribution in [0.1, 0.15) is 21.5 Å². The number of carboxylic acids is 1. The third-order valence-electron chi connectivity index (χ3n) is 2.91. The third kappa shape index (κ3) is 4.07. The largest absolute Gasteiger partial charge is 0.481 e. The van der Waals surface area contributed by atoms with Crippen LogP contribution in [0.2, 0.25) is 5.02 Å². The van der Waals surface area contributed by atoms with E-state index in [1.807, 2.05) is 6.92 Å². The minimum absolute atomic E-state index is 0.148. The predicted octanol–water partition coefficient (Wildman–Crippen LogP) is 3.53. The summed E-state index contributed by atoms with van der Waals surface area (Å²) in [5.41, 5.74) is 2.36. The van der Waals surface area contributed by atoms with Crippen molar-refractivity contribution >= 4 is 29.2 Å². The third-order valence-corrected chi connectivity index (χ3v) is 3.13. The molecule has 0 aliphatic carbocycles. The van der Waals surface area contributed by atoms with Gasteiger partial charge in [-0.05, 0) is 42.3 Å². The van der Waals surface area contributed by atoms with Crippen molar-refractivity contribution < 1.29 is 14.7 Å². The summed E-state index contributed by atoms with van der Waals surface area (Å²) in [6.45, 7) is 1.85. The van der Waals surface area contributed by atoms with E-state index in [9.17, 15) is 9.59 Å². The number of hydrogen-bond acceptors (Lipinski definition) is 2. The van der Waals surface area contributed by atoms with E-state index in [1.165, 1.54) is 0 Å². The van der Waals surface area contributed by atoms with Crippen molar-refractivity contribution in [3.63, 3.8) is 0 Å². The molecule has 2 N–H and O–H groups in total. The maximum atomic E-state index is 12.2. The lowest BCUT2D eigenvalue weighted by Crippen LogP contribution is -2.14. The Bertz CT molecular complexity index is 677. The highest BCUT2D eigenvalue weighted by molar-refractivity contribution is 6.31. The van der Waals surface area contributed by atoms with Crippen molar-refractivity contribution in [2.75, 3.05) is 5.32 Å². The lowest BCUT2D eigenvalue weighted by Gasteiger charge is -2.10. The number of halogens is 1. The number of hydrogen-bond donors (Lipinski definition) is 2. The van der Waals surface area contributed by atoms with Crippen molar-refractivity contribution in [2.45, 2.75) is 13.3 Å². The van der Waals surface area contributed by atoms with E-state index in [0.717, 1.165) is 5.56 Å². The highest BCUT2D eigenvalue weighted by Crippen LogP contribution is 2.19. The number of para-hydroxylation sites is 1. The standard InChI is InChI=1S/C16H14ClNO3/c1-10-6-12(8-13(17)7-10)16(21)18-14-5-3-2-4-11(14)9-15(19)20/h2-8H,9H2,1H3,(H,18,21)(H,19,20). The van der Waals surface area contributed by atoms with Gasteiger partial charge in [0, 0.05) is 16.3 Å². The molecule has 5 heteroatoms. The number of anilines is 1. The quantitative estimate of drug-likeness (QED) is 0.908. The maximum Gasteiger partial charge on any atom is 0.307 e. The van der Waals surface area contributed by atoms with Crippen LogP contribution in [-0.2, 0) is 11.2 Å². The number of carbonyl (C=O) groups is 2. The molecule has 0 unspecified atom stereocenters. The Kier molecular flexibility index (Phi) is 4.60. The lowest BCUT2D eigenvalue weighted by atomic mass is 10.1. The van der Waals surface area contributed by atoms with Gasteiger partial charge in [-0.3, -0.25) is 9.59 Å². The smallest absolute Gasteiger partial charge is 0.307 e. The van der Waals surface area contributed by atoms with Crippen LogP contribution in [0, 0.1) is 6.92 Å². The normalized spacial score (nSPS) is 10.2. The monoisotopic (exact) mass is 303 g/mol. The molecule has 0 heterocycles. The molecule has 0 atom stereocenters. The van der Waals surface area contributed by atoms with Gasteiger partial charge in [-0.1, -0.05) is 29.8 Å². The first kappa shape index (κ1) is 15.1. The van der Waals surface area contributed by atoms with Gasteiger partial charge in [-0.25, -0.2) is 0 Å². The number of amides is 1. The molecular weight excluding hydrogens is 290 g/mol. The first-order valence-corrected chi connectivity index (χ1v) is 6.72. The molecule has 2 aromatic rings. The molecule has 2 aromatic carbocycles. The van der Waals surface area contributed by atoms with E-state index in [1.54, 1.807) is 42.5 Å². The first-order valence-electron chi connectivity index (χ1n) is 6.34. The zero-order valence-corrected chi connectivity index (χ0v) is 12.1. The summed E-state index contributed by atoms with van der Waals surface area (Å²) in [4.78, 5) is 23.1. The molecular formula is C16H14ClNO3. The Morgan fingerprint density at radius 3 is 2.57 bits per heavy atom. The molecule has 4 nitrogen and oxygen atoms in total. The van der Waals surface area contributed by atoms with E-state index >= 15 is 0 Å². The van der Waals surface area contributed by atoms with Gasteiger partial charge in [0.05, 0.1) is 6.42 Å². The van der Waals surface area contributed by atoms with E-state index < -0.39 is 5.97 Å². The minimum Gasteiger partial charge on any atom is -0.481 e. The van der Waals surface area contributed by atoms with Crippen molar-refractivity contribution in [2.24, 2.45) is 0 Å². The Morgan fingerprint density at radius 2 is 1.90 bits per heavy atom. The van der Waals surface area contributed by atoms with Crippen LogP contribution in [0.4, 0.5) is 5.69 Å². The summed E-state index contributed by atoms with van der Waals surface area (Å²) in [5.74, 6) is -1.27. The number of benzene rings is 2. The zero-order chi connectivity index (χ0) is 15.4. The minimum atomic E-state index is -0.949. The summed E-state index contributed by atoms with van der Waals surface area (Å²) >= 11 is 5.94. The summed E-state index contributed by atoms with van der Waals surface area (Å²) in [6.07, 6.45) is -0.148. The summed E-state index contributed by atoms with van der Waals surface area (Å²) in [7, 11) is 0. The number of aryl methyl sites for hydroxylation is 1. The Balaban J connectivity index is 2.25. The van der Waals surface area contributed by atoms with Crippen molar-refractivity contribution in [3.05, 3.63) is 64.2 Å². The van der Waals surface area contributed by atoms with Gasteiger partial charge in [0.1, 0.15) is 0 Å².